The molecular formula is C22H20N2O3. The zero-order valence-electron chi connectivity index (χ0n) is 15.0. The molecule has 1 aliphatic rings. The van der Waals surface area contributed by atoms with Gasteiger partial charge in [0.2, 0.25) is 5.91 Å². The van der Waals surface area contributed by atoms with E-state index in [0.29, 0.717) is 16.9 Å². The predicted molar refractivity (Wildman–Crippen MR) is 106 cm³/mol. The van der Waals surface area contributed by atoms with E-state index in [1.165, 1.54) is 0 Å². The highest BCUT2D eigenvalue weighted by atomic mass is 16.3. The Morgan fingerprint density at radius 1 is 0.926 bits per heavy atom. The largest absolute Gasteiger partial charge is 0.506 e. The van der Waals surface area contributed by atoms with Crippen molar-refractivity contribution in [3.8, 4) is 5.75 Å². The van der Waals surface area contributed by atoms with Gasteiger partial charge in [0.1, 0.15) is 5.75 Å². The monoisotopic (exact) mass is 360 g/mol. The van der Waals surface area contributed by atoms with Crippen molar-refractivity contribution in [2.24, 2.45) is 5.92 Å². The van der Waals surface area contributed by atoms with Gasteiger partial charge in [-0.05, 0) is 60.4 Å². The molecule has 0 aliphatic heterocycles. The van der Waals surface area contributed by atoms with Crippen LogP contribution in [0.2, 0.25) is 0 Å². The fraction of sp³-hybridized carbons (Fsp3) is 0.182. The van der Waals surface area contributed by atoms with Gasteiger partial charge in [0, 0.05) is 5.92 Å². The number of phenols is 1. The molecule has 3 aromatic rings. The van der Waals surface area contributed by atoms with Crippen LogP contribution in [0.5, 0.6) is 5.75 Å². The Kier molecular flexibility index (Phi) is 4.28. The molecule has 0 aromatic heterocycles. The topological polar surface area (TPSA) is 78.4 Å². The van der Waals surface area contributed by atoms with Gasteiger partial charge in [-0.25, -0.2) is 0 Å². The molecule has 5 nitrogen and oxygen atoms in total. The van der Waals surface area contributed by atoms with E-state index in [9.17, 15) is 14.7 Å². The number of rotatable bonds is 4. The first kappa shape index (κ1) is 17.1. The third-order valence-electron chi connectivity index (χ3n) is 4.74. The molecule has 1 aliphatic carbocycles. The minimum absolute atomic E-state index is 0.00713. The summed E-state index contributed by atoms with van der Waals surface area (Å²) in [5.74, 6) is -0.398. The van der Waals surface area contributed by atoms with Gasteiger partial charge in [0.15, 0.2) is 0 Å². The SMILES string of the molecule is Cc1ccc(NC(=O)c2cc3ccccc3cc2NC(=O)C2CC2)c(O)c1. The molecular weight excluding hydrogens is 340 g/mol. The standard InChI is InChI=1S/C22H20N2O3/c1-13-6-9-18(20(25)10-13)23-22(27)17-11-15-4-2-3-5-16(15)12-19(17)24-21(26)14-7-8-14/h2-6,9-12,14,25H,7-8H2,1H3,(H,23,27)(H,24,26). The molecule has 0 bridgehead atoms. The Balaban J connectivity index is 1.71. The highest BCUT2D eigenvalue weighted by Crippen LogP contribution is 2.32. The summed E-state index contributed by atoms with van der Waals surface area (Å²) in [5, 5.41) is 17.5. The molecule has 3 N–H and O–H groups in total. The first-order valence-electron chi connectivity index (χ1n) is 8.96. The van der Waals surface area contributed by atoms with Gasteiger partial charge in [0.25, 0.3) is 5.91 Å². The normalized spacial score (nSPS) is 13.4. The van der Waals surface area contributed by atoms with Gasteiger partial charge in [-0.15, -0.1) is 0 Å². The highest BCUT2D eigenvalue weighted by Gasteiger charge is 2.30. The first-order chi connectivity index (χ1) is 13.0. The maximum absolute atomic E-state index is 12.9. The maximum atomic E-state index is 12.9. The molecule has 0 radical (unpaired) electrons. The van der Waals surface area contributed by atoms with E-state index in [0.717, 1.165) is 29.2 Å². The lowest BCUT2D eigenvalue weighted by Gasteiger charge is -2.14. The number of aryl methyl sites for hydroxylation is 1. The van der Waals surface area contributed by atoms with Gasteiger partial charge in [-0.1, -0.05) is 30.3 Å². The van der Waals surface area contributed by atoms with Gasteiger partial charge in [0.05, 0.1) is 16.9 Å². The van der Waals surface area contributed by atoms with E-state index in [2.05, 4.69) is 10.6 Å². The van der Waals surface area contributed by atoms with Crippen LogP contribution in [0.4, 0.5) is 11.4 Å². The van der Waals surface area contributed by atoms with Crippen LogP contribution in [-0.2, 0) is 4.79 Å². The van der Waals surface area contributed by atoms with Crippen molar-refractivity contribution in [2.45, 2.75) is 19.8 Å². The summed E-state index contributed by atoms with van der Waals surface area (Å²) in [4.78, 5) is 25.2. The molecule has 27 heavy (non-hydrogen) atoms. The number of aromatic hydroxyl groups is 1. The van der Waals surface area contributed by atoms with Crippen molar-refractivity contribution in [3.05, 3.63) is 65.7 Å². The first-order valence-corrected chi connectivity index (χ1v) is 8.96. The van der Waals surface area contributed by atoms with E-state index < -0.39 is 0 Å². The second-order valence-electron chi connectivity index (χ2n) is 6.98. The number of phenolic OH excluding ortho intramolecular Hbond substituents is 1. The lowest BCUT2D eigenvalue weighted by molar-refractivity contribution is -0.117. The van der Waals surface area contributed by atoms with Crippen molar-refractivity contribution < 1.29 is 14.7 Å². The summed E-state index contributed by atoms with van der Waals surface area (Å²) in [6.45, 7) is 1.86. The van der Waals surface area contributed by atoms with Crippen LogP contribution >= 0.6 is 0 Å². The fourth-order valence-corrected chi connectivity index (χ4v) is 3.05. The fourth-order valence-electron chi connectivity index (χ4n) is 3.05. The van der Waals surface area contributed by atoms with Crippen molar-refractivity contribution in [3.63, 3.8) is 0 Å². The van der Waals surface area contributed by atoms with Crippen LogP contribution < -0.4 is 10.6 Å². The number of nitrogens with one attached hydrogen (secondary N) is 2. The Hall–Kier alpha value is -3.34. The summed E-state index contributed by atoms with van der Waals surface area (Å²) in [6, 6.07) is 16.3. The Bertz CT molecular complexity index is 1050. The van der Waals surface area contributed by atoms with Crippen LogP contribution in [0.15, 0.2) is 54.6 Å². The lowest BCUT2D eigenvalue weighted by Crippen LogP contribution is -2.19. The molecule has 0 atom stereocenters. The highest BCUT2D eigenvalue weighted by molar-refractivity contribution is 6.13. The molecule has 4 rings (SSSR count). The van der Waals surface area contributed by atoms with Crippen molar-refractivity contribution in [2.75, 3.05) is 10.6 Å². The summed E-state index contributed by atoms with van der Waals surface area (Å²) in [7, 11) is 0. The smallest absolute Gasteiger partial charge is 0.257 e. The molecule has 0 saturated heterocycles. The van der Waals surface area contributed by atoms with E-state index in [4.69, 9.17) is 0 Å². The number of hydrogen-bond acceptors (Lipinski definition) is 3. The minimum Gasteiger partial charge on any atom is -0.506 e. The Labute approximate surface area is 157 Å². The summed E-state index contributed by atoms with van der Waals surface area (Å²) < 4.78 is 0. The number of carbonyl (C=O) groups is 2. The third-order valence-corrected chi connectivity index (χ3v) is 4.74. The average Bonchev–Trinajstić information content (AvgIpc) is 3.48. The van der Waals surface area contributed by atoms with Crippen molar-refractivity contribution in [1.82, 2.24) is 0 Å². The van der Waals surface area contributed by atoms with E-state index in [-0.39, 0.29) is 23.5 Å². The van der Waals surface area contributed by atoms with Crippen molar-refractivity contribution in [1.29, 1.82) is 0 Å². The van der Waals surface area contributed by atoms with Gasteiger partial charge < -0.3 is 15.7 Å². The third kappa shape index (κ3) is 3.62. The second kappa shape index (κ2) is 6.76. The van der Waals surface area contributed by atoms with Gasteiger partial charge >= 0.3 is 0 Å². The summed E-state index contributed by atoms with van der Waals surface area (Å²) >= 11 is 0. The number of carbonyl (C=O) groups excluding carboxylic acids is 2. The van der Waals surface area contributed by atoms with Crippen LogP contribution in [-0.4, -0.2) is 16.9 Å². The zero-order chi connectivity index (χ0) is 19.0. The molecule has 136 valence electrons. The number of amides is 2. The molecule has 2 amide bonds. The van der Waals surface area contributed by atoms with Gasteiger partial charge in [-0.3, -0.25) is 9.59 Å². The number of benzene rings is 3. The molecule has 0 unspecified atom stereocenters. The van der Waals surface area contributed by atoms with Crippen LogP contribution in [0.1, 0.15) is 28.8 Å². The Morgan fingerprint density at radius 2 is 1.63 bits per heavy atom. The molecule has 5 heteroatoms. The molecule has 3 aromatic carbocycles. The Morgan fingerprint density at radius 3 is 2.30 bits per heavy atom. The second-order valence-corrected chi connectivity index (χ2v) is 6.98. The number of fused-ring (bicyclic) bond motifs is 1. The minimum atomic E-state index is -0.383. The van der Waals surface area contributed by atoms with Gasteiger partial charge in [-0.2, -0.15) is 0 Å². The number of anilines is 2. The average molecular weight is 360 g/mol. The molecule has 0 spiro atoms. The summed E-state index contributed by atoms with van der Waals surface area (Å²) in [5.41, 5.74) is 2.07. The molecule has 0 heterocycles. The van der Waals surface area contributed by atoms with E-state index in [1.807, 2.05) is 43.3 Å². The maximum Gasteiger partial charge on any atom is 0.257 e. The van der Waals surface area contributed by atoms with E-state index >= 15 is 0 Å². The predicted octanol–water partition coefficient (Wildman–Crippen LogP) is 4.45. The zero-order valence-corrected chi connectivity index (χ0v) is 15.0. The molecule has 1 saturated carbocycles. The van der Waals surface area contributed by atoms with E-state index in [1.54, 1.807) is 18.2 Å². The van der Waals surface area contributed by atoms with Crippen LogP contribution in [0.3, 0.4) is 0 Å². The molecule has 1 fully saturated rings. The van der Waals surface area contributed by atoms with Crippen LogP contribution in [0.25, 0.3) is 10.8 Å². The summed E-state index contributed by atoms with van der Waals surface area (Å²) in [6.07, 6.45) is 1.77. The number of hydrogen-bond donors (Lipinski definition) is 3. The van der Waals surface area contributed by atoms with Crippen molar-refractivity contribution >= 4 is 34.0 Å². The quantitative estimate of drug-likeness (QED) is 0.601. The lowest BCUT2D eigenvalue weighted by atomic mass is 10.0. The van der Waals surface area contributed by atoms with Crippen LogP contribution in [0, 0.1) is 12.8 Å².